The molecular weight excluding hydrogens is 216 g/mol. The van der Waals surface area contributed by atoms with E-state index in [4.69, 9.17) is 0 Å². The summed E-state index contributed by atoms with van der Waals surface area (Å²) in [6.07, 6.45) is 7.77. The van der Waals surface area contributed by atoms with E-state index in [0.717, 1.165) is 18.9 Å². The molecule has 0 bridgehead atoms. The van der Waals surface area contributed by atoms with Gasteiger partial charge in [-0.25, -0.2) is 9.97 Å². The standard InChI is InChI=1S/C12H18N4O/c17-10-11-8-15-12(9-14-11)13-4-7-16-5-2-1-3-6-16/h8-10H,1-7H2,(H,13,15). The molecule has 1 N–H and O–H groups in total. The Morgan fingerprint density at radius 2 is 2.06 bits per heavy atom. The number of aldehydes is 1. The zero-order valence-corrected chi connectivity index (χ0v) is 9.93. The number of likely N-dealkylation sites (tertiary alicyclic amines) is 1. The molecule has 5 nitrogen and oxygen atoms in total. The maximum atomic E-state index is 10.4. The van der Waals surface area contributed by atoms with Crippen LogP contribution in [0, 0.1) is 0 Å². The quantitative estimate of drug-likeness (QED) is 0.775. The molecule has 0 amide bonds. The first-order chi connectivity index (χ1) is 8.38. The van der Waals surface area contributed by atoms with Gasteiger partial charge in [0.25, 0.3) is 0 Å². The number of aromatic nitrogens is 2. The molecule has 5 heteroatoms. The molecule has 1 fully saturated rings. The van der Waals surface area contributed by atoms with E-state index in [1.165, 1.54) is 38.5 Å². The second kappa shape index (κ2) is 6.30. The highest BCUT2D eigenvalue weighted by atomic mass is 16.1. The van der Waals surface area contributed by atoms with Crippen LogP contribution in [0.25, 0.3) is 0 Å². The Bertz CT molecular complexity index is 346. The van der Waals surface area contributed by atoms with E-state index in [1.54, 1.807) is 6.20 Å². The average Bonchev–Trinajstić information content (AvgIpc) is 2.41. The minimum atomic E-state index is 0.367. The summed E-state index contributed by atoms with van der Waals surface area (Å²) in [4.78, 5) is 20.9. The summed E-state index contributed by atoms with van der Waals surface area (Å²) >= 11 is 0. The van der Waals surface area contributed by atoms with Gasteiger partial charge in [0.05, 0.1) is 12.4 Å². The van der Waals surface area contributed by atoms with Crippen LogP contribution in [0.5, 0.6) is 0 Å². The van der Waals surface area contributed by atoms with Crippen molar-refractivity contribution in [1.29, 1.82) is 0 Å². The van der Waals surface area contributed by atoms with E-state index < -0.39 is 0 Å². The fourth-order valence-electron chi connectivity index (χ4n) is 2.02. The van der Waals surface area contributed by atoms with Crippen LogP contribution >= 0.6 is 0 Å². The van der Waals surface area contributed by atoms with Gasteiger partial charge in [0.15, 0.2) is 6.29 Å². The highest BCUT2D eigenvalue weighted by Gasteiger charge is 2.08. The summed E-state index contributed by atoms with van der Waals surface area (Å²) in [5, 5.41) is 3.21. The molecule has 0 unspecified atom stereocenters. The summed E-state index contributed by atoms with van der Waals surface area (Å²) in [6, 6.07) is 0. The first-order valence-corrected chi connectivity index (χ1v) is 6.12. The molecule has 17 heavy (non-hydrogen) atoms. The lowest BCUT2D eigenvalue weighted by Crippen LogP contribution is -2.33. The van der Waals surface area contributed by atoms with Gasteiger partial charge in [0.1, 0.15) is 11.5 Å². The maximum Gasteiger partial charge on any atom is 0.170 e. The largest absolute Gasteiger partial charge is 0.368 e. The van der Waals surface area contributed by atoms with Gasteiger partial charge >= 0.3 is 0 Å². The monoisotopic (exact) mass is 234 g/mol. The van der Waals surface area contributed by atoms with E-state index in [1.807, 2.05) is 0 Å². The van der Waals surface area contributed by atoms with Gasteiger partial charge in [-0.2, -0.15) is 0 Å². The van der Waals surface area contributed by atoms with E-state index in [9.17, 15) is 4.79 Å². The predicted octanol–water partition coefficient (Wildman–Crippen LogP) is 1.19. The third-order valence-electron chi connectivity index (χ3n) is 2.98. The molecule has 92 valence electrons. The van der Waals surface area contributed by atoms with Crippen LogP contribution in [0.3, 0.4) is 0 Å². The zero-order chi connectivity index (χ0) is 11.9. The van der Waals surface area contributed by atoms with Crippen LogP contribution < -0.4 is 5.32 Å². The van der Waals surface area contributed by atoms with Gasteiger partial charge < -0.3 is 10.2 Å². The lowest BCUT2D eigenvalue weighted by atomic mass is 10.1. The van der Waals surface area contributed by atoms with Crippen molar-refractivity contribution in [3.63, 3.8) is 0 Å². The zero-order valence-electron chi connectivity index (χ0n) is 9.93. The lowest BCUT2D eigenvalue weighted by Gasteiger charge is -2.26. The number of anilines is 1. The van der Waals surface area contributed by atoms with Crippen molar-refractivity contribution in [2.75, 3.05) is 31.5 Å². The van der Waals surface area contributed by atoms with Crippen molar-refractivity contribution >= 4 is 12.1 Å². The van der Waals surface area contributed by atoms with E-state index in [2.05, 4.69) is 20.2 Å². The molecule has 0 radical (unpaired) electrons. The van der Waals surface area contributed by atoms with Crippen LogP contribution in [0.4, 0.5) is 5.82 Å². The van der Waals surface area contributed by atoms with Crippen LogP contribution in [0.1, 0.15) is 29.8 Å². The average molecular weight is 234 g/mol. The fourth-order valence-corrected chi connectivity index (χ4v) is 2.02. The molecule has 1 aliphatic heterocycles. The summed E-state index contributed by atoms with van der Waals surface area (Å²) < 4.78 is 0. The summed E-state index contributed by atoms with van der Waals surface area (Å²) in [5.74, 6) is 0.729. The SMILES string of the molecule is O=Cc1cnc(NCCN2CCCCC2)cn1. The second-order valence-corrected chi connectivity index (χ2v) is 4.27. The molecule has 2 rings (SSSR count). The van der Waals surface area contributed by atoms with E-state index >= 15 is 0 Å². The van der Waals surface area contributed by atoms with Crippen LogP contribution in [-0.2, 0) is 0 Å². The Kier molecular flexibility index (Phi) is 4.44. The molecular formula is C12H18N4O. The first kappa shape index (κ1) is 12.0. The molecule has 1 aromatic rings. The molecule has 0 spiro atoms. The summed E-state index contributed by atoms with van der Waals surface area (Å²) in [6.45, 7) is 4.32. The lowest BCUT2D eigenvalue weighted by molar-refractivity contribution is 0.111. The Morgan fingerprint density at radius 1 is 1.24 bits per heavy atom. The highest BCUT2D eigenvalue weighted by Crippen LogP contribution is 2.08. The van der Waals surface area contributed by atoms with Gasteiger partial charge in [-0.3, -0.25) is 4.79 Å². The fraction of sp³-hybridized carbons (Fsp3) is 0.583. The van der Waals surface area contributed by atoms with E-state index in [-0.39, 0.29) is 0 Å². The third-order valence-corrected chi connectivity index (χ3v) is 2.98. The number of hydrogen-bond donors (Lipinski definition) is 1. The van der Waals surface area contributed by atoms with Crippen molar-refractivity contribution in [2.24, 2.45) is 0 Å². The first-order valence-electron chi connectivity index (χ1n) is 6.12. The molecule has 1 aromatic heterocycles. The van der Waals surface area contributed by atoms with Crippen LogP contribution in [0.15, 0.2) is 12.4 Å². The third kappa shape index (κ3) is 3.78. The number of piperidine rings is 1. The number of rotatable bonds is 5. The number of carbonyl (C=O) groups excluding carboxylic acids is 1. The van der Waals surface area contributed by atoms with Gasteiger partial charge in [0.2, 0.25) is 0 Å². The minimum absolute atomic E-state index is 0.367. The molecule has 1 saturated heterocycles. The van der Waals surface area contributed by atoms with Gasteiger partial charge in [-0.05, 0) is 25.9 Å². The molecule has 0 atom stereocenters. The number of nitrogens with one attached hydrogen (secondary N) is 1. The summed E-state index contributed by atoms with van der Waals surface area (Å²) in [7, 11) is 0. The Morgan fingerprint density at radius 3 is 2.71 bits per heavy atom. The second-order valence-electron chi connectivity index (χ2n) is 4.27. The molecule has 0 aliphatic carbocycles. The van der Waals surface area contributed by atoms with Gasteiger partial charge in [-0.1, -0.05) is 6.42 Å². The number of hydrogen-bond acceptors (Lipinski definition) is 5. The van der Waals surface area contributed by atoms with Crippen molar-refractivity contribution in [1.82, 2.24) is 14.9 Å². The minimum Gasteiger partial charge on any atom is -0.368 e. The smallest absolute Gasteiger partial charge is 0.170 e. The normalized spacial score (nSPS) is 16.7. The molecule has 2 heterocycles. The molecule has 0 saturated carbocycles. The van der Waals surface area contributed by atoms with Gasteiger partial charge in [0, 0.05) is 13.1 Å². The van der Waals surface area contributed by atoms with Crippen LogP contribution in [-0.4, -0.2) is 47.3 Å². The van der Waals surface area contributed by atoms with Gasteiger partial charge in [-0.15, -0.1) is 0 Å². The van der Waals surface area contributed by atoms with Crippen molar-refractivity contribution < 1.29 is 4.79 Å². The maximum absolute atomic E-state index is 10.4. The Labute approximate surface area is 101 Å². The topological polar surface area (TPSA) is 58.1 Å². The predicted molar refractivity (Wildman–Crippen MR) is 66.2 cm³/mol. The Balaban J connectivity index is 1.71. The van der Waals surface area contributed by atoms with Crippen molar-refractivity contribution in [3.8, 4) is 0 Å². The molecule has 0 aromatic carbocycles. The summed E-state index contributed by atoms with van der Waals surface area (Å²) in [5.41, 5.74) is 0.367. The molecule has 1 aliphatic rings. The Hall–Kier alpha value is -1.49. The highest BCUT2D eigenvalue weighted by molar-refractivity contribution is 5.71. The number of carbonyl (C=O) groups is 1. The van der Waals surface area contributed by atoms with Crippen molar-refractivity contribution in [2.45, 2.75) is 19.3 Å². The van der Waals surface area contributed by atoms with Crippen molar-refractivity contribution in [3.05, 3.63) is 18.1 Å². The van der Waals surface area contributed by atoms with E-state index in [0.29, 0.717) is 12.0 Å². The van der Waals surface area contributed by atoms with Crippen LogP contribution in [0.2, 0.25) is 0 Å². The number of nitrogens with zero attached hydrogens (tertiary/aromatic N) is 3.